The van der Waals surface area contributed by atoms with E-state index in [9.17, 15) is 15.0 Å². The molecular weight excluding hydrogens is 292 g/mol. The monoisotopic (exact) mass is 316 g/mol. The lowest BCUT2D eigenvalue weighted by Gasteiger charge is -2.19. The predicted octanol–water partition coefficient (Wildman–Crippen LogP) is 2.43. The summed E-state index contributed by atoms with van der Waals surface area (Å²) >= 11 is 6.20. The molecule has 0 bridgehead atoms. The first kappa shape index (κ1) is 18.2. The van der Waals surface area contributed by atoms with E-state index in [-0.39, 0.29) is 36.4 Å². The van der Waals surface area contributed by atoms with Gasteiger partial charge in [-0.3, -0.25) is 4.79 Å². The molecule has 5 heteroatoms. The van der Waals surface area contributed by atoms with Gasteiger partial charge in [0.25, 0.3) is 0 Å². The largest absolute Gasteiger partial charge is 0.461 e. The number of allylic oxidation sites excluding steroid dienone is 2. The smallest absolute Gasteiger partial charge is 0.306 e. The minimum atomic E-state index is -0.504. The van der Waals surface area contributed by atoms with Gasteiger partial charge in [0, 0.05) is 24.3 Å². The maximum absolute atomic E-state index is 11.2. The van der Waals surface area contributed by atoms with Crippen LogP contribution in [0.25, 0.3) is 0 Å². The van der Waals surface area contributed by atoms with E-state index >= 15 is 0 Å². The van der Waals surface area contributed by atoms with Crippen molar-refractivity contribution in [1.29, 1.82) is 0 Å². The lowest BCUT2D eigenvalue weighted by atomic mass is 9.92. The SMILES string of the molecule is C=CCOC(=O)CCC/C=C\C[C@@H]1[C@@H](CO)[C@H](O)C[C@H]1Cl. The van der Waals surface area contributed by atoms with Gasteiger partial charge in [-0.05, 0) is 31.6 Å². The first-order valence-electron chi connectivity index (χ1n) is 7.44. The Labute approximate surface area is 131 Å². The summed E-state index contributed by atoms with van der Waals surface area (Å²) in [6.07, 6.45) is 8.32. The molecule has 0 radical (unpaired) electrons. The van der Waals surface area contributed by atoms with E-state index in [1.807, 2.05) is 12.2 Å². The summed E-state index contributed by atoms with van der Waals surface area (Å²) in [5.41, 5.74) is 0. The fourth-order valence-corrected chi connectivity index (χ4v) is 3.15. The summed E-state index contributed by atoms with van der Waals surface area (Å²) in [5.74, 6) is -0.227. The van der Waals surface area contributed by atoms with E-state index < -0.39 is 6.10 Å². The molecule has 0 aliphatic heterocycles. The highest BCUT2D eigenvalue weighted by atomic mass is 35.5. The minimum absolute atomic E-state index is 0.0297. The van der Waals surface area contributed by atoms with Crippen LogP contribution in [0.4, 0.5) is 0 Å². The highest BCUT2D eigenvalue weighted by Crippen LogP contribution is 2.38. The molecule has 2 N–H and O–H groups in total. The van der Waals surface area contributed by atoms with Gasteiger partial charge in [-0.2, -0.15) is 0 Å². The number of halogens is 1. The van der Waals surface area contributed by atoms with E-state index in [1.165, 1.54) is 0 Å². The molecule has 1 fully saturated rings. The van der Waals surface area contributed by atoms with E-state index in [0.29, 0.717) is 12.8 Å². The highest BCUT2D eigenvalue weighted by molar-refractivity contribution is 6.21. The molecule has 0 saturated heterocycles. The van der Waals surface area contributed by atoms with Crippen molar-refractivity contribution in [3.8, 4) is 0 Å². The second-order valence-electron chi connectivity index (χ2n) is 5.40. The van der Waals surface area contributed by atoms with Gasteiger partial charge in [0.05, 0.1) is 6.10 Å². The Bertz CT molecular complexity index is 356. The van der Waals surface area contributed by atoms with Crippen LogP contribution in [0.15, 0.2) is 24.8 Å². The van der Waals surface area contributed by atoms with Crippen LogP contribution in [0.2, 0.25) is 0 Å². The molecule has 0 unspecified atom stereocenters. The number of esters is 1. The molecule has 120 valence electrons. The van der Waals surface area contributed by atoms with Crippen LogP contribution in [0.5, 0.6) is 0 Å². The maximum atomic E-state index is 11.2. The Balaban J connectivity index is 2.19. The number of aliphatic hydroxyl groups is 2. The van der Waals surface area contributed by atoms with Crippen molar-refractivity contribution in [1.82, 2.24) is 0 Å². The van der Waals surface area contributed by atoms with E-state index in [2.05, 4.69) is 6.58 Å². The van der Waals surface area contributed by atoms with Gasteiger partial charge < -0.3 is 14.9 Å². The summed E-state index contributed by atoms with van der Waals surface area (Å²) in [4.78, 5) is 11.2. The third kappa shape index (κ3) is 6.20. The zero-order valence-electron chi connectivity index (χ0n) is 12.3. The number of hydrogen-bond acceptors (Lipinski definition) is 4. The Morgan fingerprint density at radius 2 is 2.14 bits per heavy atom. The lowest BCUT2D eigenvalue weighted by Crippen LogP contribution is -2.23. The van der Waals surface area contributed by atoms with E-state index in [0.717, 1.165) is 19.3 Å². The number of aliphatic hydroxyl groups excluding tert-OH is 2. The minimum Gasteiger partial charge on any atom is -0.461 e. The molecule has 0 spiro atoms. The van der Waals surface area contributed by atoms with Crippen molar-refractivity contribution >= 4 is 17.6 Å². The van der Waals surface area contributed by atoms with E-state index in [1.54, 1.807) is 6.08 Å². The molecule has 1 rings (SSSR count). The Kier molecular flexibility index (Phi) is 8.66. The number of rotatable bonds is 9. The standard InChI is InChI=1S/C16H25ClO4/c1-2-9-21-16(20)8-6-4-3-5-7-12-13(11-18)15(19)10-14(12)17/h2-3,5,12-15,18-19H,1,4,6-11H2/b5-3-/t12-,13-,14-,15-/m1/s1. The van der Waals surface area contributed by atoms with Gasteiger partial charge in [-0.1, -0.05) is 24.8 Å². The third-order valence-electron chi connectivity index (χ3n) is 3.88. The van der Waals surface area contributed by atoms with Crippen LogP contribution >= 0.6 is 11.6 Å². The average Bonchev–Trinajstić information content (AvgIpc) is 2.73. The summed E-state index contributed by atoms with van der Waals surface area (Å²) in [6, 6.07) is 0. The predicted molar refractivity (Wildman–Crippen MR) is 83.1 cm³/mol. The molecule has 1 aliphatic rings. The number of unbranched alkanes of at least 4 members (excludes halogenated alkanes) is 1. The van der Waals surface area contributed by atoms with Crippen LogP contribution in [-0.2, 0) is 9.53 Å². The number of carbonyl (C=O) groups is 1. The van der Waals surface area contributed by atoms with Crippen LogP contribution in [-0.4, -0.2) is 40.9 Å². The normalized spacial score (nSPS) is 28.9. The van der Waals surface area contributed by atoms with Crippen molar-refractivity contribution in [3.63, 3.8) is 0 Å². The van der Waals surface area contributed by atoms with Crippen molar-refractivity contribution < 1.29 is 19.7 Å². The van der Waals surface area contributed by atoms with Crippen LogP contribution in [0, 0.1) is 11.8 Å². The quantitative estimate of drug-likeness (QED) is 0.297. The van der Waals surface area contributed by atoms with Crippen LogP contribution in [0.3, 0.4) is 0 Å². The zero-order valence-corrected chi connectivity index (χ0v) is 13.0. The van der Waals surface area contributed by atoms with Gasteiger partial charge >= 0.3 is 5.97 Å². The molecule has 21 heavy (non-hydrogen) atoms. The number of hydrogen-bond donors (Lipinski definition) is 2. The maximum Gasteiger partial charge on any atom is 0.306 e. The molecule has 0 amide bonds. The fraction of sp³-hybridized carbons (Fsp3) is 0.688. The fourth-order valence-electron chi connectivity index (χ4n) is 2.67. The number of carbonyl (C=O) groups excluding carboxylic acids is 1. The molecule has 0 aromatic heterocycles. The molecule has 1 saturated carbocycles. The third-order valence-corrected chi connectivity index (χ3v) is 4.38. The van der Waals surface area contributed by atoms with Crippen LogP contribution in [0.1, 0.15) is 32.1 Å². The van der Waals surface area contributed by atoms with Gasteiger partial charge in [-0.15, -0.1) is 11.6 Å². The number of alkyl halides is 1. The second kappa shape index (κ2) is 9.98. The van der Waals surface area contributed by atoms with Crippen molar-refractivity contribution in [2.75, 3.05) is 13.2 Å². The van der Waals surface area contributed by atoms with Gasteiger partial charge in [0.2, 0.25) is 0 Å². The van der Waals surface area contributed by atoms with Crippen molar-refractivity contribution in [2.45, 2.75) is 43.6 Å². The summed E-state index contributed by atoms with van der Waals surface area (Å²) in [5, 5.41) is 19.0. The number of ether oxygens (including phenoxy) is 1. The molecule has 4 nitrogen and oxygen atoms in total. The second-order valence-corrected chi connectivity index (χ2v) is 5.96. The Morgan fingerprint density at radius 3 is 2.81 bits per heavy atom. The first-order valence-corrected chi connectivity index (χ1v) is 7.88. The Morgan fingerprint density at radius 1 is 1.38 bits per heavy atom. The lowest BCUT2D eigenvalue weighted by molar-refractivity contribution is -0.142. The average molecular weight is 317 g/mol. The zero-order chi connectivity index (χ0) is 15.7. The van der Waals surface area contributed by atoms with Crippen molar-refractivity contribution in [3.05, 3.63) is 24.8 Å². The van der Waals surface area contributed by atoms with Crippen molar-refractivity contribution in [2.24, 2.45) is 11.8 Å². The molecule has 1 aliphatic carbocycles. The first-order chi connectivity index (χ1) is 10.1. The highest BCUT2D eigenvalue weighted by Gasteiger charge is 2.40. The molecule has 0 aromatic carbocycles. The molecule has 0 aromatic rings. The summed E-state index contributed by atoms with van der Waals surface area (Å²) in [7, 11) is 0. The molecular formula is C16H25ClO4. The van der Waals surface area contributed by atoms with Gasteiger partial charge in [-0.25, -0.2) is 0 Å². The van der Waals surface area contributed by atoms with E-state index in [4.69, 9.17) is 16.3 Å². The summed E-state index contributed by atoms with van der Waals surface area (Å²) in [6.45, 7) is 3.71. The van der Waals surface area contributed by atoms with Crippen LogP contribution < -0.4 is 0 Å². The molecule has 4 atom stereocenters. The topological polar surface area (TPSA) is 66.8 Å². The Hall–Kier alpha value is -0.840. The van der Waals surface area contributed by atoms with Gasteiger partial charge in [0.15, 0.2) is 0 Å². The molecule has 0 heterocycles. The summed E-state index contributed by atoms with van der Waals surface area (Å²) < 4.78 is 4.88. The van der Waals surface area contributed by atoms with Gasteiger partial charge in [0.1, 0.15) is 6.61 Å².